The minimum atomic E-state index is -0.186. The van der Waals surface area contributed by atoms with Gasteiger partial charge in [-0.2, -0.15) is 0 Å². The Labute approximate surface area is 163 Å². The van der Waals surface area contributed by atoms with Crippen molar-refractivity contribution in [3.8, 4) is 17.5 Å². The highest BCUT2D eigenvalue weighted by Crippen LogP contribution is 2.28. The molecule has 1 aliphatic carbocycles. The largest absolute Gasteiger partial charge is 0.496 e. The number of aromatic nitrogens is 2. The Balaban J connectivity index is 1.55. The number of benzene rings is 1. The highest BCUT2D eigenvalue weighted by atomic mass is 35.5. The van der Waals surface area contributed by atoms with Gasteiger partial charge in [-0.1, -0.05) is 11.6 Å². The van der Waals surface area contributed by atoms with Gasteiger partial charge in [0.1, 0.15) is 11.9 Å². The number of carbonyl (C=O) groups excluding carboxylic acids is 1. The van der Waals surface area contributed by atoms with Crippen LogP contribution in [0.3, 0.4) is 0 Å². The van der Waals surface area contributed by atoms with Gasteiger partial charge in [0.15, 0.2) is 0 Å². The van der Waals surface area contributed by atoms with Crippen molar-refractivity contribution in [2.75, 3.05) is 14.2 Å². The Morgan fingerprint density at radius 2 is 1.78 bits per heavy atom. The fourth-order valence-electron chi connectivity index (χ4n) is 3.14. The third-order valence-corrected chi connectivity index (χ3v) is 4.76. The molecule has 27 heavy (non-hydrogen) atoms. The van der Waals surface area contributed by atoms with Gasteiger partial charge in [0.2, 0.25) is 0 Å². The van der Waals surface area contributed by atoms with Crippen LogP contribution in [0.25, 0.3) is 0 Å². The predicted octanol–water partition coefficient (Wildman–Crippen LogP) is 3.27. The second-order valence-electron chi connectivity index (χ2n) is 6.28. The molecular weight excluding hydrogens is 370 g/mol. The Morgan fingerprint density at radius 3 is 2.44 bits per heavy atom. The zero-order valence-corrected chi connectivity index (χ0v) is 16.0. The van der Waals surface area contributed by atoms with Gasteiger partial charge in [-0.25, -0.2) is 9.97 Å². The fourth-order valence-corrected chi connectivity index (χ4v) is 3.31. The zero-order valence-electron chi connectivity index (χ0n) is 15.3. The molecule has 1 aromatic carbocycles. The molecule has 1 saturated carbocycles. The molecule has 144 valence electrons. The van der Waals surface area contributed by atoms with Crippen molar-refractivity contribution in [2.24, 2.45) is 0 Å². The number of amides is 1. The normalized spacial score (nSPS) is 19.2. The average molecular weight is 392 g/mol. The number of halogens is 1. The lowest BCUT2D eigenvalue weighted by Crippen LogP contribution is -2.39. The molecule has 0 saturated heterocycles. The predicted molar refractivity (Wildman–Crippen MR) is 101 cm³/mol. The Kier molecular flexibility index (Phi) is 6.34. The monoisotopic (exact) mass is 391 g/mol. The van der Waals surface area contributed by atoms with Crippen LogP contribution < -0.4 is 19.5 Å². The summed E-state index contributed by atoms with van der Waals surface area (Å²) < 4.78 is 16.3. The summed E-state index contributed by atoms with van der Waals surface area (Å²) in [5, 5.41) is 3.55. The molecule has 8 heteroatoms. The Hall–Kier alpha value is -2.54. The van der Waals surface area contributed by atoms with Gasteiger partial charge in [-0.3, -0.25) is 4.79 Å². The smallest absolute Gasteiger partial charge is 0.278 e. The van der Waals surface area contributed by atoms with E-state index in [2.05, 4.69) is 15.3 Å². The first-order chi connectivity index (χ1) is 13.1. The number of hydrogen-bond acceptors (Lipinski definition) is 6. The second kappa shape index (κ2) is 8.90. The van der Waals surface area contributed by atoms with Crippen molar-refractivity contribution in [1.82, 2.24) is 15.3 Å². The van der Waals surface area contributed by atoms with Crippen LogP contribution in [0.2, 0.25) is 5.02 Å². The lowest BCUT2D eigenvalue weighted by atomic mass is 9.92. The molecule has 0 unspecified atom stereocenters. The molecule has 0 atom stereocenters. The van der Waals surface area contributed by atoms with Crippen LogP contribution in [0.1, 0.15) is 36.0 Å². The summed E-state index contributed by atoms with van der Waals surface area (Å²) in [6.07, 6.45) is 6.37. The Morgan fingerprint density at radius 1 is 1.07 bits per heavy atom. The molecule has 0 aliphatic heterocycles. The van der Waals surface area contributed by atoms with Crippen molar-refractivity contribution < 1.29 is 19.0 Å². The SMILES string of the molecule is COc1ccc(Cl)cc1C(=O)NC1CCC(Oc2nccnc2OC)CC1. The van der Waals surface area contributed by atoms with Gasteiger partial charge in [-0.15, -0.1) is 0 Å². The summed E-state index contributed by atoms with van der Waals surface area (Å²) in [7, 11) is 3.07. The lowest BCUT2D eigenvalue weighted by Gasteiger charge is -2.29. The van der Waals surface area contributed by atoms with Crippen molar-refractivity contribution in [3.63, 3.8) is 0 Å². The van der Waals surface area contributed by atoms with Crippen LogP contribution >= 0.6 is 11.6 Å². The van der Waals surface area contributed by atoms with E-state index >= 15 is 0 Å². The van der Waals surface area contributed by atoms with Crippen LogP contribution in [0, 0.1) is 0 Å². The first-order valence-electron chi connectivity index (χ1n) is 8.76. The summed E-state index contributed by atoms with van der Waals surface area (Å²) >= 11 is 6.01. The van der Waals surface area contributed by atoms with Crippen LogP contribution in [0.4, 0.5) is 0 Å². The maximum absolute atomic E-state index is 12.6. The minimum absolute atomic E-state index is 0.0180. The van der Waals surface area contributed by atoms with Crippen LogP contribution in [-0.4, -0.2) is 42.2 Å². The van der Waals surface area contributed by atoms with Crippen LogP contribution in [-0.2, 0) is 0 Å². The van der Waals surface area contributed by atoms with Gasteiger partial charge in [0.05, 0.1) is 19.8 Å². The lowest BCUT2D eigenvalue weighted by molar-refractivity contribution is 0.0883. The number of nitrogens with zero attached hydrogens (tertiary/aromatic N) is 2. The van der Waals surface area contributed by atoms with Crippen LogP contribution in [0.15, 0.2) is 30.6 Å². The zero-order chi connectivity index (χ0) is 19.2. The average Bonchev–Trinajstić information content (AvgIpc) is 2.69. The molecule has 1 heterocycles. The van der Waals surface area contributed by atoms with Crippen molar-refractivity contribution in [1.29, 1.82) is 0 Å². The van der Waals surface area contributed by atoms with Crippen molar-refractivity contribution in [3.05, 3.63) is 41.2 Å². The standard InChI is InChI=1S/C19H22ClN3O4/c1-25-16-8-3-12(20)11-15(16)17(24)23-13-4-6-14(7-5-13)27-19-18(26-2)21-9-10-22-19/h3,8-11,13-14H,4-7H2,1-2H3,(H,23,24). The number of hydrogen-bond donors (Lipinski definition) is 1. The van der Waals surface area contributed by atoms with Gasteiger partial charge in [-0.05, 0) is 43.9 Å². The van der Waals surface area contributed by atoms with E-state index in [1.54, 1.807) is 30.6 Å². The minimum Gasteiger partial charge on any atom is -0.496 e. The fraction of sp³-hybridized carbons (Fsp3) is 0.421. The van der Waals surface area contributed by atoms with E-state index in [1.807, 2.05) is 0 Å². The Bertz CT molecular complexity index is 794. The molecule has 7 nitrogen and oxygen atoms in total. The summed E-state index contributed by atoms with van der Waals surface area (Å²) in [6, 6.07) is 5.08. The maximum Gasteiger partial charge on any atom is 0.278 e. The van der Waals surface area contributed by atoms with Gasteiger partial charge in [0, 0.05) is 23.5 Å². The molecule has 3 rings (SSSR count). The van der Waals surface area contributed by atoms with Crippen molar-refractivity contribution >= 4 is 17.5 Å². The van der Waals surface area contributed by atoms with Gasteiger partial charge in [0.25, 0.3) is 17.7 Å². The molecule has 0 spiro atoms. The number of nitrogens with one attached hydrogen (secondary N) is 1. The van der Waals surface area contributed by atoms with E-state index in [1.165, 1.54) is 14.2 Å². The third-order valence-electron chi connectivity index (χ3n) is 4.52. The molecule has 0 bridgehead atoms. The summed E-state index contributed by atoms with van der Waals surface area (Å²) in [5.41, 5.74) is 0.438. The van der Waals surface area contributed by atoms with E-state index in [9.17, 15) is 4.79 Å². The van der Waals surface area contributed by atoms with E-state index in [4.69, 9.17) is 25.8 Å². The molecule has 1 fully saturated rings. The van der Waals surface area contributed by atoms with E-state index < -0.39 is 0 Å². The first-order valence-corrected chi connectivity index (χ1v) is 9.14. The maximum atomic E-state index is 12.6. The molecule has 1 N–H and O–H groups in total. The number of rotatable bonds is 6. The third kappa shape index (κ3) is 4.80. The molecule has 0 radical (unpaired) electrons. The number of carbonyl (C=O) groups is 1. The first kappa shape index (κ1) is 19.2. The quantitative estimate of drug-likeness (QED) is 0.813. The van der Waals surface area contributed by atoms with E-state index in [-0.39, 0.29) is 18.1 Å². The van der Waals surface area contributed by atoms with Gasteiger partial charge < -0.3 is 19.5 Å². The molecule has 1 aliphatic rings. The summed E-state index contributed by atoms with van der Waals surface area (Å²) in [5.74, 6) is 1.09. The van der Waals surface area contributed by atoms with Crippen LogP contribution in [0.5, 0.6) is 17.5 Å². The second-order valence-corrected chi connectivity index (χ2v) is 6.72. The number of ether oxygens (including phenoxy) is 3. The van der Waals surface area contributed by atoms with Crippen molar-refractivity contribution in [2.45, 2.75) is 37.8 Å². The topological polar surface area (TPSA) is 82.6 Å². The summed E-state index contributed by atoms with van der Waals surface area (Å²) in [6.45, 7) is 0. The molecule has 1 aromatic heterocycles. The summed E-state index contributed by atoms with van der Waals surface area (Å²) in [4.78, 5) is 20.8. The van der Waals surface area contributed by atoms with E-state index in [0.717, 1.165) is 25.7 Å². The highest BCUT2D eigenvalue weighted by molar-refractivity contribution is 6.31. The molecular formula is C19H22ClN3O4. The van der Waals surface area contributed by atoms with E-state index in [0.29, 0.717) is 28.1 Å². The molecule has 1 amide bonds. The highest BCUT2D eigenvalue weighted by Gasteiger charge is 2.26. The van der Waals surface area contributed by atoms with Gasteiger partial charge >= 0.3 is 0 Å². The molecule has 2 aromatic rings. The number of methoxy groups -OCH3 is 2.